The third-order valence-corrected chi connectivity index (χ3v) is 2.76. The Hall–Kier alpha value is -1.09. The van der Waals surface area contributed by atoms with E-state index in [1.807, 2.05) is 24.3 Å². The summed E-state index contributed by atoms with van der Waals surface area (Å²) in [4.78, 5) is 1.08. The average molecular weight is 210 g/mol. The SMILES string of the molecule is C=CCSc1cc(OC)ccc1OC. The number of hydrogen-bond acceptors (Lipinski definition) is 3. The van der Waals surface area contributed by atoms with Crippen molar-refractivity contribution in [2.45, 2.75) is 4.90 Å². The van der Waals surface area contributed by atoms with Crippen LogP contribution in [-0.2, 0) is 0 Å². The van der Waals surface area contributed by atoms with Crippen molar-refractivity contribution in [1.29, 1.82) is 0 Å². The molecule has 0 aliphatic carbocycles. The summed E-state index contributed by atoms with van der Waals surface area (Å²) in [6.07, 6.45) is 1.86. The van der Waals surface area contributed by atoms with Gasteiger partial charge in [-0.25, -0.2) is 0 Å². The number of benzene rings is 1. The molecule has 1 aromatic carbocycles. The largest absolute Gasteiger partial charge is 0.497 e. The standard InChI is InChI=1S/C11H14O2S/c1-4-7-14-11-8-9(12-2)5-6-10(11)13-3/h4-6,8H,1,7H2,2-3H3. The van der Waals surface area contributed by atoms with Gasteiger partial charge in [-0.3, -0.25) is 0 Å². The van der Waals surface area contributed by atoms with Crippen molar-refractivity contribution < 1.29 is 9.47 Å². The summed E-state index contributed by atoms with van der Waals surface area (Å²) in [5.41, 5.74) is 0. The number of thioether (sulfide) groups is 1. The van der Waals surface area contributed by atoms with Crippen LogP contribution in [0.15, 0.2) is 35.7 Å². The lowest BCUT2D eigenvalue weighted by Gasteiger charge is -2.08. The first-order valence-electron chi connectivity index (χ1n) is 4.27. The smallest absolute Gasteiger partial charge is 0.132 e. The molecule has 14 heavy (non-hydrogen) atoms. The summed E-state index contributed by atoms with van der Waals surface area (Å²) in [7, 11) is 3.32. The summed E-state index contributed by atoms with van der Waals surface area (Å²) in [6.45, 7) is 3.68. The summed E-state index contributed by atoms with van der Waals surface area (Å²) in [5.74, 6) is 2.58. The Kier molecular flexibility index (Phi) is 4.40. The Morgan fingerprint density at radius 1 is 1.36 bits per heavy atom. The molecule has 0 unspecified atom stereocenters. The first kappa shape index (κ1) is 11.0. The normalized spacial score (nSPS) is 9.57. The number of methoxy groups -OCH3 is 2. The highest BCUT2D eigenvalue weighted by atomic mass is 32.2. The first-order valence-corrected chi connectivity index (χ1v) is 5.26. The number of ether oxygens (including phenoxy) is 2. The van der Waals surface area contributed by atoms with Gasteiger partial charge in [0.25, 0.3) is 0 Å². The molecule has 0 heterocycles. The minimum atomic E-state index is 0.845. The molecular weight excluding hydrogens is 196 g/mol. The second kappa shape index (κ2) is 5.60. The van der Waals surface area contributed by atoms with Gasteiger partial charge >= 0.3 is 0 Å². The molecule has 0 amide bonds. The van der Waals surface area contributed by atoms with Gasteiger partial charge in [0.1, 0.15) is 11.5 Å². The van der Waals surface area contributed by atoms with E-state index in [-0.39, 0.29) is 0 Å². The van der Waals surface area contributed by atoms with E-state index < -0.39 is 0 Å². The molecule has 1 rings (SSSR count). The predicted molar refractivity (Wildman–Crippen MR) is 60.5 cm³/mol. The Balaban J connectivity index is 2.89. The zero-order chi connectivity index (χ0) is 10.4. The van der Waals surface area contributed by atoms with Crippen LogP contribution in [0, 0.1) is 0 Å². The van der Waals surface area contributed by atoms with Crippen LogP contribution in [0.1, 0.15) is 0 Å². The summed E-state index contributed by atoms with van der Waals surface area (Å²) in [6, 6.07) is 5.76. The van der Waals surface area contributed by atoms with Crippen LogP contribution in [0.5, 0.6) is 11.5 Å². The van der Waals surface area contributed by atoms with Crippen molar-refractivity contribution in [2.75, 3.05) is 20.0 Å². The van der Waals surface area contributed by atoms with E-state index in [0.29, 0.717) is 0 Å². The average Bonchev–Trinajstić information content (AvgIpc) is 2.25. The minimum absolute atomic E-state index is 0.845. The van der Waals surface area contributed by atoms with Gasteiger partial charge in [0.2, 0.25) is 0 Å². The molecule has 3 heteroatoms. The number of hydrogen-bond donors (Lipinski definition) is 0. The fourth-order valence-corrected chi connectivity index (χ4v) is 1.84. The van der Waals surface area contributed by atoms with Crippen LogP contribution >= 0.6 is 11.8 Å². The summed E-state index contributed by atoms with van der Waals surface area (Å²) in [5, 5.41) is 0. The molecule has 2 nitrogen and oxygen atoms in total. The minimum Gasteiger partial charge on any atom is -0.497 e. The van der Waals surface area contributed by atoms with Gasteiger partial charge in [-0.1, -0.05) is 6.08 Å². The predicted octanol–water partition coefficient (Wildman–Crippen LogP) is 2.98. The van der Waals surface area contributed by atoms with Gasteiger partial charge < -0.3 is 9.47 Å². The Morgan fingerprint density at radius 3 is 2.71 bits per heavy atom. The fraction of sp³-hybridized carbons (Fsp3) is 0.273. The van der Waals surface area contributed by atoms with Crippen LogP contribution in [-0.4, -0.2) is 20.0 Å². The highest BCUT2D eigenvalue weighted by molar-refractivity contribution is 7.99. The topological polar surface area (TPSA) is 18.5 Å². The molecule has 0 spiro atoms. The Labute approximate surface area is 88.9 Å². The zero-order valence-corrected chi connectivity index (χ0v) is 9.26. The summed E-state index contributed by atoms with van der Waals surface area (Å²) >= 11 is 1.68. The molecule has 0 N–H and O–H groups in total. The van der Waals surface area contributed by atoms with Crippen molar-refractivity contribution in [3.8, 4) is 11.5 Å². The Bertz CT molecular complexity index is 310. The van der Waals surface area contributed by atoms with Crippen LogP contribution in [0.3, 0.4) is 0 Å². The molecule has 0 saturated carbocycles. The first-order chi connectivity index (χ1) is 6.81. The van der Waals surface area contributed by atoms with E-state index in [2.05, 4.69) is 6.58 Å². The van der Waals surface area contributed by atoms with E-state index in [9.17, 15) is 0 Å². The van der Waals surface area contributed by atoms with Crippen LogP contribution in [0.25, 0.3) is 0 Å². The maximum absolute atomic E-state index is 5.23. The molecule has 0 aromatic heterocycles. The third kappa shape index (κ3) is 2.70. The molecule has 0 saturated heterocycles. The molecule has 0 bridgehead atoms. The molecule has 0 radical (unpaired) electrons. The van der Waals surface area contributed by atoms with Crippen LogP contribution in [0.4, 0.5) is 0 Å². The fourth-order valence-electron chi connectivity index (χ4n) is 1.05. The van der Waals surface area contributed by atoms with E-state index in [4.69, 9.17) is 9.47 Å². The molecule has 0 aliphatic heterocycles. The van der Waals surface area contributed by atoms with Crippen molar-refractivity contribution >= 4 is 11.8 Å². The molecule has 0 aliphatic rings. The van der Waals surface area contributed by atoms with E-state index in [0.717, 1.165) is 22.1 Å². The van der Waals surface area contributed by atoms with Crippen molar-refractivity contribution in [3.05, 3.63) is 30.9 Å². The highest BCUT2D eigenvalue weighted by Crippen LogP contribution is 2.32. The van der Waals surface area contributed by atoms with Crippen molar-refractivity contribution in [2.24, 2.45) is 0 Å². The van der Waals surface area contributed by atoms with Gasteiger partial charge in [-0.05, 0) is 18.2 Å². The highest BCUT2D eigenvalue weighted by Gasteiger charge is 2.04. The van der Waals surface area contributed by atoms with Crippen molar-refractivity contribution in [1.82, 2.24) is 0 Å². The molecule has 1 aromatic rings. The maximum Gasteiger partial charge on any atom is 0.132 e. The lowest BCUT2D eigenvalue weighted by atomic mass is 10.3. The van der Waals surface area contributed by atoms with Gasteiger partial charge in [0, 0.05) is 5.75 Å². The van der Waals surface area contributed by atoms with E-state index >= 15 is 0 Å². The second-order valence-corrected chi connectivity index (χ2v) is 3.68. The van der Waals surface area contributed by atoms with E-state index in [1.54, 1.807) is 26.0 Å². The zero-order valence-electron chi connectivity index (χ0n) is 8.45. The van der Waals surface area contributed by atoms with Crippen LogP contribution in [0.2, 0.25) is 0 Å². The molecule has 0 fully saturated rings. The van der Waals surface area contributed by atoms with Gasteiger partial charge in [-0.2, -0.15) is 0 Å². The quantitative estimate of drug-likeness (QED) is 0.550. The molecule has 76 valence electrons. The second-order valence-electron chi connectivity index (χ2n) is 2.62. The number of rotatable bonds is 5. The maximum atomic E-state index is 5.23. The van der Waals surface area contributed by atoms with Gasteiger partial charge in [-0.15, -0.1) is 18.3 Å². The van der Waals surface area contributed by atoms with Crippen LogP contribution < -0.4 is 9.47 Å². The van der Waals surface area contributed by atoms with Gasteiger partial charge in [0.05, 0.1) is 19.1 Å². The van der Waals surface area contributed by atoms with Gasteiger partial charge in [0.15, 0.2) is 0 Å². The van der Waals surface area contributed by atoms with Crippen molar-refractivity contribution in [3.63, 3.8) is 0 Å². The molecular formula is C11H14O2S. The van der Waals surface area contributed by atoms with E-state index in [1.165, 1.54) is 0 Å². The third-order valence-electron chi connectivity index (χ3n) is 1.73. The molecule has 0 atom stereocenters. The Morgan fingerprint density at radius 2 is 2.14 bits per heavy atom. The monoisotopic (exact) mass is 210 g/mol. The lowest BCUT2D eigenvalue weighted by molar-refractivity contribution is 0.394. The lowest BCUT2D eigenvalue weighted by Crippen LogP contribution is -1.89. The summed E-state index contributed by atoms with van der Waals surface area (Å²) < 4.78 is 10.4.